The van der Waals surface area contributed by atoms with E-state index in [1.807, 2.05) is 49.1 Å². The Morgan fingerprint density at radius 1 is 1.10 bits per heavy atom. The lowest BCUT2D eigenvalue weighted by atomic mass is 9.96. The topological polar surface area (TPSA) is 66.9 Å². The van der Waals surface area contributed by atoms with Crippen molar-refractivity contribution in [1.82, 2.24) is 9.21 Å². The number of rotatable bonds is 6. The van der Waals surface area contributed by atoms with Gasteiger partial charge in [0, 0.05) is 24.5 Å². The number of likely N-dealkylation sites (tertiary alicyclic amines) is 1. The van der Waals surface area contributed by atoms with E-state index in [0.29, 0.717) is 23.8 Å². The fraction of sp³-hybridized carbons (Fsp3) is 0.522. The van der Waals surface area contributed by atoms with Crippen molar-refractivity contribution in [3.63, 3.8) is 0 Å². The van der Waals surface area contributed by atoms with Crippen molar-refractivity contribution in [3.8, 4) is 5.75 Å². The van der Waals surface area contributed by atoms with Gasteiger partial charge in [-0.15, -0.1) is 11.3 Å². The molecular formula is C23H30N2O4S2. The third-order valence-corrected chi connectivity index (χ3v) is 9.49. The van der Waals surface area contributed by atoms with Gasteiger partial charge in [-0.1, -0.05) is 12.1 Å². The summed E-state index contributed by atoms with van der Waals surface area (Å²) >= 11 is 1.29. The first-order valence-corrected chi connectivity index (χ1v) is 13.3. The number of hydrogen-bond donors (Lipinski definition) is 0. The van der Waals surface area contributed by atoms with Crippen molar-refractivity contribution in [2.24, 2.45) is 5.92 Å². The molecule has 2 fully saturated rings. The summed E-state index contributed by atoms with van der Waals surface area (Å²) in [5.41, 5.74) is 1.11. The number of amides is 1. The van der Waals surface area contributed by atoms with Crippen molar-refractivity contribution in [1.29, 1.82) is 0 Å². The molecule has 0 radical (unpaired) electrons. The second-order valence-electron chi connectivity index (χ2n) is 8.26. The maximum absolute atomic E-state index is 13.4. The highest BCUT2D eigenvalue weighted by atomic mass is 32.2. The van der Waals surface area contributed by atoms with Gasteiger partial charge < -0.3 is 9.64 Å². The number of thiophene rings is 1. The van der Waals surface area contributed by atoms with Gasteiger partial charge in [0.2, 0.25) is 5.91 Å². The van der Waals surface area contributed by atoms with Gasteiger partial charge in [-0.3, -0.25) is 4.79 Å². The molecule has 2 unspecified atom stereocenters. The third kappa shape index (κ3) is 4.66. The third-order valence-electron chi connectivity index (χ3n) is 6.15. The van der Waals surface area contributed by atoms with Crippen molar-refractivity contribution in [2.45, 2.75) is 49.8 Å². The van der Waals surface area contributed by atoms with E-state index in [9.17, 15) is 13.2 Å². The van der Waals surface area contributed by atoms with Gasteiger partial charge in [0.15, 0.2) is 0 Å². The van der Waals surface area contributed by atoms with Gasteiger partial charge in [-0.2, -0.15) is 4.31 Å². The number of sulfonamides is 1. The van der Waals surface area contributed by atoms with Crippen LogP contribution < -0.4 is 4.74 Å². The summed E-state index contributed by atoms with van der Waals surface area (Å²) in [6.07, 6.45) is 3.35. The van der Waals surface area contributed by atoms with E-state index in [1.54, 1.807) is 6.07 Å². The van der Waals surface area contributed by atoms with Crippen LogP contribution in [0.25, 0.3) is 0 Å². The molecule has 2 saturated heterocycles. The Morgan fingerprint density at radius 2 is 1.84 bits per heavy atom. The van der Waals surface area contributed by atoms with Crippen molar-refractivity contribution in [3.05, 3.63) is 46.8 Å². The van der Waals surface area contributed by atoms with Crippen LogP contribution in [0.3, 0.4) is 0 Å². The molecule has 3 heterocycles. The van der Waals surface area contributed by atoms with E-state index in [4.69, 9.17) is 4.74 Å². The SMILES string of the molecule is CCOc1ccc(C2CCCN2C(=O)C2CCCN(S(=O)(=O)c3ccc(C)s3)C2)cc1. The lowest BCUT2D eigenvalue weighted by Gasteiger charge is -2.35. The van der Waals surface area contributed by atoms with Crippen LogP contribution in [0.5, 0.6) is 5.75 Å². The molecule has 1 amide bonds. The van der Waals surface area contributed by atoms with Gasteiger partial charge in [-0.05, 0) is 69.4 Å². The number of carbonyl (C=O) groups excluding carboxylic acids is 1. The molecule has 2 aliphatic heterocycles. The zero-order valence-electron chi connectivity index (χ0n) is 18.1. The number of aryl methyl sites for hydroxylation is 1. The number of benzene rings is 1. The van der Waals surface area contributed by atoms with Crippen LogP contribution in [0.4, 0.5) is 0 Å². The molecule has 168 valence electrons. The largest absolute Gasteiger partial charge is 0.494 e. The summed E-state index contributed by atoms with van der Waals surface area (Å²) < 4.78 is 33.5. The molecule has 0 bridgehead atoms. The minimum absolute atomic E-state index is 0.0510. The van der Waals surface area contributed by atoms with E-state index in [1.165, 1.54) is 15.6 Å². The molecule has 2 aliphatic rings. The number of carbonyl (C=O) groups is 1. The normalized spacial score (nSPS) is 22.6. The van der Waals surface area contributed by atoms with E-state index < -0.39 is 10.0 Å². The molecule has 31 heavy (non-hydrogen) atoms. The summed E-state index contributed by atoms with van der Waals surface area (Å²) in [6.45, 7) is 5.96. The predicted octanol–water partition coefficient (Wildman–Crippen LogP) is 4.22. The van der Waals surface area contributed by atoms with E-state index >= 15 is 0 Å². The number of piperidine rings is 1. The highest BCUT2D eigenvalue weighted by Crippen LogP contribution is 2.36. The van der Waals surface area contributed by atoms with Crippen LogP contribution in [-0.2, 0) is 14.8 Å². The van der Waals surface area contributed by atoms with Crippen LogP contribution in [0.2, 0.25) is 0 Å². The first kappa shape index (κ1) is 22.3. The molecule has 2 aromatic rings. The quantitative estimate of drug-likeness (QED) is 0.645. The zero-order chi connectivity index (χ0) is 22.0. The smallest absolute Gasteiger partial charge is 0.252 e. The fourth-order valence-electron chi connectivity index (χ4n) is 4.60. The van der Waals surface area contributed by atoms with Crippen LogP contribution in [0, 0.1) is 12.8 Å². The van der Waals surface area contributed by atoms with E-state index in [-0.39, 0.29) is 24.4 Å². The fourth-order valence-corrected chi connectivity index (χ4v) is 7.57. The molecule has 6 nitrogen and oxygen atoms in total. The van der Waals surface area contributed by atoms with Gasteiger partial charge in [0.1, 0.15) is 9.96 Å². The standard InChI is InChI=1S/C23H30N2O4S2/c1-3-29-20-11-9-18(10-12-20)21-7-5-15-25(21)23(26)19-6-4-14-24(16-19)31(27,28)22-13-8-17(2)30-22/h8-13,19,21H,3-7,14-16H2,1-2H3. The van der Waals surface area contributed by atoms with Gasteiger partial charge in [0.05, 0.1) is 18.6 Å². The second kappa shape index (κ2) is 9.30. The first-order chi connectivity index (χ1) is 14.9. The molecule has 0 N–H and O–H groups in total. The highest BCUT2D eigenvalue weighted by molar-refractivity contribution is 7.91. The minimum atomic E-state index is -3.54. The maximum atomic E-state index is 13.4. The number of nitrogens with zero attached hydrogens (tertiary/aromatic N) is 2. The Labute approximate surface area is 188 Å². The molecule has 8 heteroatoms. The van der Waals surface area contributed by atoms with Gasteiger partial charge >= 0.3 is 0 Å². The number of hydrogen-bond acceptors (Lipinski definition) is 5. The molecule has 0 aliphatic carbocycles. The molecule has 0 saturated carbocycles. The second-order valence-corrected chi connectivity index (χ2v) is 11.7. The average Bonchev–Trinajstić information content (AvgIpc) is 3.44. The summed E-state index contributed by atoms with van der Waals surface area (Å²) in [5.74, 6) is 0.630. The Balaban J connectivity index is 1.48. The number of ether oxygens (including phenoxy) is 1. The predicted molar refractivity (Wildman–Crippen MR) is 122 cm³/mol. The Hall–Kier alpha value is -1.90. The van der Waals surface area contributed by atoms with Gasteiger partial charge in [-0.25, -0.2) is 8.42 Å². The molecule has 2 atom stereocenters. The summed E-state index contributed by atoms with van der Waals surface area (Å²) in [7, 11) is -3.54. The van der Waals surface area contributed by atoms with Crippen LogP contribution in [0.1, 0.15) is 49.1 Å². The Bertz CT molecular complexity index is 1020. The van der Waals surface area contributed by atoms with Crippen molar-refractivity contribution >= 4 is 27.3 Å². The molecule has 1 aromatic heterocycles. The van der Waals surface area contributed by atoms with Crippen molar-refractivity contribution in [2.75, 3.05) is 26.2 Å². The molecule has 4 rings (SSSR count). The summed E-state index contributed by atoms with van der Waals surface area (Å²) in [5, 5.41) is 0. The lowest BCUT2D eigenvalue weighted by molar-refractivity contribution is -0.137. The minimum Gasteiger partial charge on any atom is -0.494 e. The molecular weight excluding hydrogens is 432 g/mol. The molecule has 1 aromatic carbocycles. The highest BCUT2D eigenvalue weighted by Gasteiger charge is 2.39. The van der Waals surface area contributed by atoms with Gasteiger partial charge in [0.25, 0.3) is 10.0 Å². The van der Waals surface area contributed by atoms with Crippen molar-refractivity contribution < 1.29 is 17.9 Å². The first-order valence-electron chi connectivity index (χ1n) is 11.0. The average molecular weight is 463 g/mol. The summed E-state index contributed by atoms with van der Waals surface area (Å²) in [6, 6.07) is 11.5. The van der Waals surface area contributed by atoms with Crippen LogP contribution >= 0.6 is 11.3 Å². The maximum Gasteiger partial charge on any atom is 0.252 e. The monoisotopic (exact) mass is 462 g/mol. The molecule has 0 spiro atoms. The zero-order valence-corrected chi connectivity index (χ0v) is 19.8. The Kier molecular flexibility index (Phi) is 6.69. The lowest BCUT2D eigenvalue weighted by Crippen LogP contribution is -2.46. The van der Waals surface area contributed by atoms with Crippen LogP contribution in [-0.4, -0.2) is 49.8 Å². The summed E-state index contributed by atoms with van der Waals surface area (Å²) in [4.78, 5) is 16.4. The van der Waals surface area contributed by atoms with E-state index in [0.717, 1.165) is 42.0 Å². The van der Waals surface area contributed by atoms with E-state index in [2.05, 4.69) is 0 Å². The van der Waals surface area contributed by atoms with Crippen LogP contribution in [0.15, 0.2) is 40.6 Å². The Morgan fingerprint density at radius 3 is 2.52 bits per heavy atom.